The van der Waals surface area contributed by atoms with Gasteiger partial charge >= 0.3 is 6.18 Å². The maximum absolute atomic E-state index is 12.5. The van der Waals surface area contributed by atoms with Crippen molar-refractivity contribution in [2.24, 2.45) is 0 Å². The van der Waals surface area contributed by atoms with Gasteiger partial charge in [-0.1, -0.05) is 0 Å². The van der Waals surface area contributed by atoms with E-state index >= 15 is 0 Å². The largest absolute Gasteiger partial charge is 0.444 e. The van der Waals surface area contributed by atoms with Crippen molar-refractivity contribution < 1.29 is 22.4 Å². The molecule has 2 heterocycles. The number of alkyl halides is 3. The minimum atomic E-state index is -4.39. The molecule has 5 nitrogen and oxygen atoms in total. The minimum absolute atomic E-state index is 0.122. The van der Waals surface area contributed by atoms with E-state index in [4.69, 9.17) is 4.42 Å². The lowest BCUT2D eigenvalue weighted by molar-refractivity contribution is -0.137. The predicted octanol–water partition coefficient (Wildman–Crippen LogP) is 2.41. The molecule has 122 valence electrons. The van der Waals surface area contributed by atoms with Gasteiger partial charge < -0.3 is 14.6 Å². The number of benzene rings is 1. The number of carbonyl (C=O) groups excluding carboxylic acids is 1. The number of oxazole rings is 1. The molecule has 1 aromatic heterocycles. The third-order valence-corrected chi connectivity index (χ3v) is 3.59. The topological polar surface area (TPSA) is 58.4 Å². The van der Waals surface area contributed by atoms with Crippen molar-refractivity contribution >= 4 is 5.91 Å². The molecule has 0 bridgehead atoms. The van der Waals surface area contributed by atoms with Gasteiger partial charge in [-0.3, -0.25) is 4.79 Å². The fraction of sp³-hybridized carbons (Fsp3) is 0.333. The monoisotopic (exact) mass is 325 g/mol. The summed E-state index contributed by atoms with van der Waals surface area (Å²) in [7, 11) is 0. The first kappa shape index (κ1) is 15.5. The highest BCUT2D eigenvalue weighted by atomic mass is 19.4. The molecule has 2 aromatic rings. The summed E-state index contributed by atoms with van der Waals surface area (Å²) in [5, 5.41) is 3.14. The van der Waals surface area contributed by atoms with Gasteiger partial charge in [0, 0.05) is 31.7 Å². The second-order valence-corrected chi connectivity index (χ2v) is 5.16. The third kappa shape index (κ3) is 3.37. The first-order chi connectivity index (χ1) is 10.9. The summed E-state index contributed by atoms with van der Waals surface area (Å²) in [5.74, 6) is -0.120. The highest BCUT2D eigenvalue weighted by Gasteiger charge is 2.30. The Balaban J connectivity index is 1.77. The van der Waals surface area contributed by atoms with Gasteiger partial charge in [-0.05, 0) is 24.3 Å². The Morgan fingerprint density at radius 3 is 2.43 bits per heavy atom. The first-order valence-electron chi connectivity index (χ1n) is 7.08. The van der Waals surface area contributed by atoms with Crippen LogP contribution >= 0.6 is 0 Å². The molecule has 8 heteroatoms. The van der Waals surface area contributed by atoms with E-state index < -0.39 is 11.7 Å². The lowest BCUT2D eigenvalue weighted by Crippen LogP contribution is -2.46. The van der Waals surface area contributed by atoms with E-state index in [9.17, 15) is 18.0 Å². The fourth-order valence-electron chi connectivity index (χ4n) is 2.34. The van der Waals surface area contributed by atoms with Crippen LogP contribution in [-0.4, -0.2) is 42.0 Å². The maximum atomic E-state index is 12.5. The number of piperazine rings is 1. The molecule has 1 aliphatic rings. The maximum Gasteiger partial charge on any atom is 0.416 e. The number of halogens is 3. The molecule has 3 rings (SSSR count). The molecule has 1 aliphatic heterocycles. The molecule has 1 aromatic carbocycles. The summed E-state index contributed by atoms with van der Waals surface area (Å²) < 4.78 is 42.9. The molecule has 0 radical (unpaired) electrons. The molecule has 0 aliphatic carbocycles. The van der Waals surface area contributed by atoms with Crippen LogP contribution in [0.15, 0.2) is 34.9 Å². The van der Waals surface area contributed by atoms with Crippen molar-refractivity contribution in [2.75, 3.05) is 26.2 Å². The van der Waals surface area contributed by atoms with Gasteiger partial charge in [-0.15, -0.1) is 0 Å². The van der Waals surface area contributed by atoms with Crippen LogP contribution in [0.2, 0.25) is 0 Å². The van der Waals surface area contributed by atoms with Gasteiger partial charge in [0.25, 0.3) is 5.91 Å². The summed E-state index contributed by atoms with van der Waals surface area (Å²) in [6.45, 7) is 2.60. The van der Waals surface area contributed by atoms with Gasteiger partial charge in [-0.2, -0.15) is 13.2 Å². The molecule has 1 N–H and O–H groups in total. The van der Waals surface area contributed by atoms with E-state index in [0.29, 0.717) is 18.7 Å². The molecular formula is C15H14F3N3O2. The Morgan fingerprint density at radius 2 is 1.83 bits per heavy atom. The van der Waals surface area contributed by atoms with E-state index in [1.54, 1.807) is 4.90 Å². The van der Waals surface area contributed by atoms with E-state index in [2.05, 4.69) is 10.3 Å². The first-order valence-corrected chi connectivity index (χ1v) is 7.08. The normalized spacial score (nSPS) is 15.7. The number of aromatic nitrogens is 1. The molecule has 1 amide bonds. The summed E-state index contributed by atoms with van der Waals surface area (Å²) in [5.41, 5.74) is -0.205. The molecule has 0 saturated carbocycles. The highest BCUT2D eigenvalue weighted by Crippen LogP contribution is 2.30. The number of nitrogens with zero attached hydrogens (tertiary/aromatic N) is 2. The second kappa shape index (κ2) is 6.04. The van der Waals surface area contributed by atoms with Crippen LogP contribution in [0.3, 0.4) is 0 Å². The van der Waals surface area contributed by atoms with Crippen LogP contribution in [0.25, 0.3) is 11.5 Å². The molecule has 23 heavy (non-hydrogen) atoms. The zero-order valence-electron chi connectivity index (χ0n) is 12.1. The van der Waals surface area contributed by atoms with Gasteiger partial charge in [0.05, 0.1) is 5.56 Å². The zero-order chi connectivity index (χ0) is 16.4. The van der Waals surface area contributed by atoms with E-state index in [0.717, 1.165) is 25.2 Å². The van der Waals surface area contributed by atoms with E-state index in [-0.39, 0.29) is 17.5 Å². The summed E-state index contributed by atoms with van der Waals surface area (Å²) in [4.78, 5) is 18.0. The van der Waals surface area contributed by atoms with Crippen LogP contribution in [-0.2, 0) is 6.18 Å². The smallest absolute Gasteiger partial charge is 0.416 e. The van der Waals surface area contributed by atoms with Crippen molar-refractivity contribution in [2.45, 2.75) is 6.18 Å². The Hall–Kier alpha value is -2.35. The van der Waals surface area contributed by atoms with Gasteiger partial charge in [0.15, 0.2) is 5.69 Å². The van der Waals surface area contributed by atoms with Gasteiger partial charge in [0.2, 0.25) is 5.89 Å². The molecule has 0 atom stereocenters. The summed E-state index contributed by atoms with van der Waals surface area (Å²) >= 11 is 0. The molecular weight excluding hydrogens is 311 g/mol. The molecule has 0 spiro atoms. The number of carbonyl (C=O) groups is 1. The summed E-state index contributed by atoms with van der Waals surface area (Å²) in [6.07, 6.45) is -3.16. The molecule has 1 saturated heterocycles. The minimum Gasteiger partial charge on any atom is -0.444 e. The second-order valence-electron chi connectivity index (χ2n) is 5.16. The van der Waals surface area contributed by atoms with Gasteiger partial charge in [-0.25, -0.2) is 4.98 Å². The Morgan fingerprint density at radius 1 is 1.17 bits per heavy atom. The predicted molar refractivity (Wildman–Crippen MR) is 75.7 cm³/mol. The van der Waals surface area contributed by atoms with Crippen molar-refractivity contribution in [3.05, 3.63) is 41.8 Å². The number of rotatable bonds is 2. The van der Waals surface area contributed by atoms with Crippen molar-refractivity contribution in [3.63, 3.8) is 0 Å². The van der Waals surface area contributed by atoms with Crippen molar-refractivity contribution in [3.8, 4) is 11.5 Å². The van der Waals surface area contributed by atoms with Crippen LogP contribution in [0, 0.1) is 0 Å². The van der Waals surface area contributed by atoms with Crippen LogP contribution in [0.5, 0.6) is 0 Å². The molecule has 1 fully saturated rings. The summed E-state index contributed by atoms with van der Waals surface area (Å²) in [6, 6.07) is 4.45. The number of hydrogen-bond donors (Lipinski definition) is 1. The average Bonchev–Trinajstić information content (AvgIpc) is 3.04. The van der Waals surface area contributed by atoms with Crippen LogP contribution in [0.4, 0.5) is 13.2 Å². The lowest BCUT2D eigenvalue weighted by Gasteiger charge is -2.26. The highest BCUT2D eigenvalue weighted by molar-refractivity contribution is 5.92. The van der Waals surface area contributed by atoms with Crippen LogP contribution in [0.1, 0.15) is 16.1 Å². The Bertz CT molecular complexity index is 689. The number of nitrogens with one attached hydrogen (secondary N) is 1. The zero-order valence-corrected chi connectivity index (χ0v) is 12.1. The average molecular weight is 325 g/mol. The Kier molecular flexibility index (Phi) is 4.08. The number of hydrogen-bond acceptors (Lipinski definition) is 4. The van der Waals surface area contributed by atoms with E-state index in [1.165, 1.54) is 18.4 Å². The molecule has 0 unspecified atom stereocenters. The lowest BCUT2D eigenvalue weighted by atomic mass is 10.1. The third-order valence-electron chi connectivity index (χ3n) is 3.59. The quantitative estimate of drug-likeness (QED) is 0.921. The van der Waals surface area contributed by atoms with Gasteiger partial charge in [0.1, 0.15) is 6.26 Å². The van der Waals surface area contributed by atoms with E-state index in [1.807, 2.05) is 0 Å². The van der Waals surface area contributed by atoms with Crippen LogP contribution < -0.4 is 5.32 Å². The Labute approximate surface area is 130 Å². The van der Waals surface area contributed by atoms with Crippen molar-refractivity contribution in [1.29, 1.82) is 0 Å². The van der Waals surface area contributed by atoms with Crippen molar-refractivity contribution in [1.82, 2.24) is 15.2 Å². The standard InChI is InChI=1S/C15H14F3N3O2/c16-15(17,18)11-3-1-10(2-4-11)13-20-12(9-23-13)14(22)21-7-5-19-6-8-21/h1-4,9,19H,5-8H2. The number of amides is 1. The fourth-order valence-corrected chi connectivity index (χ4v) is 2.34. The SMILES string of the molecule is O=C(c1coc(-c2ccc(C(F)(F)F)cc2)n1)N1CCNCC1.